The summed E-state index contributed by atoms with van der Waals surface area (Å²) in [6, 6.07) is 10.1. The van der Waals surface area contributed by atoms with E-state index in [-0.39, 0.29) is 11.2 Å². The van der Waals surface area contributed by atoms with Gasteiger partial charge >= 0.3 is 0 Å². The van der Waals surface area contributed by atoms with Crippen LogP contribution in [0.5, 0.6) is 0 Å². The molecule has 0 saturated carbocycles. The highest BCUT2D eigenvalue weighted by molar-refractivity contribution is 7.91. The number of piperidine rings is 1. The molecule has 21 heavy (non-hydrogen) atoms. The Bertz CT molecular complexity index is 560. The van der Waals surface area contributed by atoms with Gasteiger partial charge in [0.25, 0.3) is 0 Å². The molecule has 0 radical (unpaired) electrons. The Hall–Kier alpha value is -1.36. The number of likely N-dealkylation sites (tertiary alicyclic amines) is 1. The van der Waals surface area contributed by atoms with Gasteiger partial charge in [0, 0.05) is 25.8 Å². The van der Waals surface area contributed by atoms with Gasteiger partial charge in [-0.2, -0.15) is 0 Å². The maximum Gasteiger partial charge on any atom is 0.222 e. The Labute approximate surface area is 127 Å². The van der Waals surface area contributed by atoms with Gasteiger partial charge in [-0.3, -0.25) is 4.79 Å². The molecule has 0 N–H and O–H groups in total. The molecule has 0 atom stereocenters. The molecule has 1 heterocycles. The molecule has 2 rings (SSSR count). The van der Waals surface area contributed by atoms with Crippen molar-refractivity contribution >= 4 is 15.7 Å². The SMILES string of the molecule is CS(=O)(=O)C1CCN(C(=O)CCCc2ccccc2)CC1. The number of sulfone groups is 1. The molecule has 4 nitrogen and oxygen atoms in total. The molecule has 1 saturated heterocycles. The van der Waals surface area contributed by atoms with Gasteiger partial charge in [0.05, 0.1) is 5.25 Å². The van der Waals surface area contributed by atoms with Crippen LogP contribution in [0, 0.1) is 0 Å². The summed E-state index contributed by atoms with van der Waals surface area (Å²) in [6.45, 7) is 1.14. The van der Waals surface area contributed by atoms with Gasteiger partial charge in [-0.25, -0.2) is 8.42 Å². The van der Waals surface area contributed by atoms with Crippen molar-refractivity contribution in [2.75, 3.05) is 19.3 Å². The summed E-state index contributed by atoms with van der Waals surface area (Å²) in [7, 11) is -2.97. The lowest BCUT2D eigenvalue weighted by Gasteiger charge is -2.31. The molecule has 1 aliphatic heterocycles. The van der Waals surface area contributed by atoms with E-state index in [2.05, 4.69) is 12.1 Å². The van der Waals surface area contributed by atoms with Crippen LogP contribution in [0.1, 0.15) is 31.2 Å². The van der Waals surface area contributed by atoms with E-state index in [9.17, 15) is 13.2 Å². The van der Waals surface area contributed by atoms with Gasteiger partial charge in [0.1, 0.15) is 9.84 Å². The predicted octanol–water partition coefficient (Wildman–Crippen LogP) is 2.04. The van der Waals surface area contributed by atoms with E-state index in [1.807, 2.05) is 23.1 Å². The minimum absolute atomic E-state index is 0.151. The Balaban J connectivity index is 1.73. The summed E-state index contributed by atoms with van der Waals surface area (Å²) in [6.07, 6.45) is 4.72. The third-order valence-corrected chi connectivity index (χ3v) is 5.78. The number of nitrogens with zero attached hydrogens (tertiary/aromatic N) is 1. The fraction of sp³-hybridized carbons (Fsp3) is 0.562. The average Bonchev–Trinajstić information content (AvgIpc) is 2.47. The van der Waals surface area contributed by atoms with Crippen molar-refractivity contribution in [2.24, 2.45) is 0 Å². The standard InChI is InChI=1S/C16H23NO3S/c1-21(19,20)15-10-12-17(13-11-15)16(18)9-5-8-14-6-3-2-4-7-14/h2-4,6-7,15H,5,8-13H2,1H3. The zero-order valence-corrected chi connectivity index (χ0v) is 13.3. The third-order valence-electron chi connectivity index (χ3n) is 4.10. The Morgan fingerprint density at radius 3 is 2.38 bits per heavy atom. The maximum absolute atomic E-state index is 12.1. The van der Waals surface area contributed by atoms with Crippen LogP contribution in [0.2, 0.25) is 0 Å². The minimum atomic E-state index is -2.97. The van der Waals surface area contributed by atoms with E-state index in [0.29, 0.717) is 32.4 Å². The molecule has 1 aliphatic rings. The first kappa shape index (κ1) is 16.0. The van der Waals surface area contributed by atoms with Crippen molar-refractivity contribution in [2.45, 2.75) is 37.4 Å². The Morgan fingerprint density at radius 2 is 1.81 bits per heavy atom. The van der Waals surface area contributed by atoms with E-state index < -0.39 is 9.84 Å². The summed E-state index contributed by atoms with van der Waals surface area (Å²) in [5.41, 5.74) is 1.25. The highest BCUT2D eigenvalue weighted by atomic mass is 32.2. The molecule has 1 fully saturated rings. The van der Waals surface area contributed by atoms with Gasteiger partial charge in [-0.1, -0.05) is 30.3 Å². The fourth-order valence-corrected chi connectivity index (χ4v) is 3.85. The second-order valence-corrected chi connectivity index (χ2v) is 8.07. The largest absolute Gasteiger partial charge is 0.343 e. The second-order valence-electron chi connectivity index (χ2n) is 5.75. The van der Waals surface area contributed by atoms with Gasteiger partial charge in [0.2, 0.25) is 5.91 Å². The normalized spacial score (nSPS) is 16.9. The van der Waals surface area contributed by atoms with Crippen LogP contribution in [0.25, 0.3) is 0 Å². The molecule has 0 spiro atoms. The smallest absolute Gasteiger partial charge is 0.222 e. The van der Waals surface area contributed by atoms with Crippen molar-refractivity contribution in [3.05, 3.63) is 35.9 Å². The Kier molecular flexibility index (Phi) is 5.39. The molecule has 0 aromatic heterocycles. The number of hydrogen-bond donors (Lipinski definition) is 0. The van der Waals surface area contributed by atoms with Crippen LogP contribution >= 0.6 is 0 Å². The van der Waals surface area contributed by atoms with Crippen molar-refractivity contribution in [3.8, 4) is 0 Å². The lowest BCUT2D eigenvalue weighted by atomic mass is 10.1. The summed E-state index contributed by atoms with van der Waals surface area (Å²) in [4.78, 5) is 13.9. The van der Waals surface area contributed by atoms with Crippen LogP contribution < -0.4 is 0 Å². The van der Waals surface area contributed by atoms with Crippen LogP contribution in [0.4, 0.5) is 0 Å². The second kappa shape index (κ2) is 7.07. The van der Waals surface area contributed by atoms with Crippen molar-refractivity contribution in [1.29, 1.82) is 0 Å². The number of amides is 1. The number of hydrogen-bond acceptors (Lipinski definition) is 3. The van der Waals surface area contributed by atoms with Gasteiger partial charge < -0.3 is 4.90 Å². The zero-order valence-electron chi connectivity index (χ0n) is 12.5. The van der Waals surface area contributed by atoms with Crippen molar-refractivity contribution in [3.63, 3.8) is 0 Å². The molecular weight excluding hydrogens is 286 g/mol. The molecular formula is C16H23NO3S. The highest BCUT2D eigenvalue weighted by Gasteiger charge is 2.28. The molecule has 0 bridgehead atoms. The topological polar surface area (TPSA) is 54.5 Å². The molecule has 5 heteroatoms. The van der Waals surface area contributed by atoms with Crippen LogP contribution in [0.15, 0.2) is 30.3 Å². The first-order chi connectivity index (χ1) is 9.97. The molecule has 1 aromatic rings. The summed E-state index contributed by atoms with van der Waals surface area (Å²) < 4.78 is 23.0. The number of rotatable bonds is 5. The number of aryl methyl sites for hydroxylation is 1. The minimum Gasteiger partial charge on any atom is -0.343 e. The monoisotopic (exact) mass is 309 g/mol. The van der Waals surface area contributed by atoms with E-state index in [4.69, 9.17) is 0 Å². The number of carbonyl (C=O) groups is 1. The Morgan fingerprint density at radius 1 is 1.19 bits per heavy atom. The first-order valence-electron chi connectivity index (χ1n) is 7.47. The van der Waals surface area contributed by atoms with Crippen LogP contribution in [-0.2, 0) is 21.1 Å². The quantitative estimate of drug-likeness (QED) is 0.836. The molecule has 116 valence electrons. The first-order valence-corrected chi connectivity index (χ1v) is 9.43. The number of carbonyl (C=O) groups excluding carboxylic acids is 1. The molecule has 1 aromatic carbocycles. The van der Waals surface area contributed by atoms with E-state index >= 15 is 0 Å². The van der Waals surface area contributed by atoms with Gasteiger partial charge in [0.15, 0.2) is 0 Å². The van der Waals surface area contributed by atoms with E-state index in [1.54, 1.807) is 0 Å². The fourth-order valence-electron chi connectivity index (χ4n) is 2.78. The van der Waals surface area contributed by atoms with Crippen LogP contribution in [-0.4, -0.2) is 43.8 Å². The average molecular weight is 309 g/mol. The maximum atomic E-state index is 12.1. The molecule has 0 aliphatic carbocycles. The van der Waals surface area contributed by atoms with E-state index in [1.165, 1.54) is 11.8 Å². The van der Waals surface area contributed by atoms with Gasteiger partial charge in [-0.15, -0.1) is 0 Å². The highest BCUT2D eigenvalue weighted by Crippen LogP contribution is 2.18. The lowest BCUT2D eigenvalue weighted by molar-refractivity contribution is -0.132. The molecule has 1 amide bonds. The predicted molar refractivity (Wildman–Crippen MR) is 83.8 cm³/mol. The van der Waals surface area contributed by atoms with E-state index in [0.717, 1.165) is 12.8 Å². The van der Waals surface area contributed by atoms with Crippen molar-refractivity contribution < 1.29 is 13.2 Å². The summed E-state index contributed by atoms with van der Waals surface area (Å²) >= 11 is 0. The molecule has 0 unspecified atom stereocenters. The van der Waals surface area contributed by atoms with Gasteiger partial charge in [-0.05, 0) is 31.2 Å². The van der Waals surface area contributed by atoms with Crippen LogP contribution in [0.3, 0.4) is 0 Å². The number of benzene rings is 1. The van der Waals surface area contributed by atoms with Crippen molar-refractivity contribution in [1.82, 2.24) is 4.90 Å². The zero-order chi connectivity index (χ0) is 15.3. The lowest BCUT2D eigenvalue weighted by Crippen LogP contribution is -2.42. The summed E-state index contributed by atoms with van der Waals surface area (Å²) in [5, 5.41) is -0.272. The third kappa shape index (κ3) is 4.84. The summed E-state index contributed by atoms with van der Waals surface area (Å²) in [5.74, 6) is 0.151.